The maximum atomic E-state index is 12.1. The summed E-state index contributed by atoms with van der Waals surface area (Å²) < 4.78 is 11.4. The molecule has 7 heteroatoms. The number of esters is 1. The molecule has 22 heavy (non-hydrogen) atoms. The van der Waals surface area contributed by atoms with Gasteiger partial charge in [-0.3, -0.25) is 0 Å². The first kappa shape index (κ1) is 15.0. The molecule has 0 unspecified atom stereocenters. The molecule has 3 aromatic rings. The van der Waals surface area contributed by atoms with Crippen LogP contribution < -0.4 is 5.73 Å². The van der Waals surface area contributed by atoms with Crippen molar-refractivity contribution in [3.05, 3.63) is 56.6 Å². The summed E-state index contributed by atoms with van der Waals surface area (Å²) >= 11 is 3.67. The van der Waals surface area contributed by atoms with Gasteiger partial charge in [-0.25, -0.2) is 4.79 Å². The van der Waals surface area contributed by atoms with Gasteiger partial charge < -0.3 is 15.0 Å². The monoisotopic (exact) mass is 426 g/mol. The van der Waals surface area contributed by atoms with Crippen molar-refractivity contribution in [3.8, 4) is 10.6 Å². The van der Waals surface area contributed by atoms with Crippen molar-refractivity contribution in [2.45, 2.75) is 6.61 Å². The maximum Gasteiger partial charge on any atom is 0.340 e. The fourth-order valence-electron chi connectivity index (χ4n) is 1.84. The van der Waals surface area contributed by atoms with Crippen LogP contribution in [-0.4, -0.2) is 11.1 Å². The molecule has 0 amide bonds. The molecule has 112 valence electrons. The SMILES string of the molecule is Nc1ccc(I)cc1C(=O)OCc1cc(-c2cccs2)on1. The normalized spacial score (nSPS) is 10.6. The second-order valence-corrected chi connectivity index (χ2v) is 6.66. The van der Waals surface area contributed by atoms with Crippen molar-refractivity contribution in [3.63, 3.8) is 0 Å². The van der Waals surface area contributed by atoms with Crippen molar-refractivity contribution >= 4 is 45.6 Å². The van der Waals surface area contributed by atoms with Gasteiger partial charge in [0.1, 0.15) is 12.3 Å². The number of thiophene rings is 1. The van der Waals surface area contributed by atoms with Crippen LogP contribution in [0.15, 0.2) is 46.3 Å². The van der Waals surface area contributed by atoms with Crippen LogP contribution in [0, 0.1) is 3.57 Å². The van der Waals surface area contributed by atoms with Crippen LogP contribution >= 0.6 is 33.9 Å². The molecule has 0 aliphatic carbocycles. The van der Waals surface area contributed by atoms with Gasteiger partial charge >= 0.3 is 5.97 Å². The summed E-state index contributed by atoms with van der Waals surface area (Å²) in [7, 11) is 0. The number of nitrogens with zero attached hydrogens (tertiary/aromatic N) is 1. The lowest BCUT2D eigenvalue weighted by Crippen LogP contribution is -2.08. The third kappa shape index (κ3) is 3.30. The molecule has 3 rings (SSSR count). The third-order valence-corrected chi connectivity index (χ3v) is 4.46. The van der Waals surface area contributed by atoms with Gasteiger partial charge in [-0.05, 0) is 52.2 Å². The Morgan fingerprint density at radius 1 is 1.36 bits per heavy atom. The highest BCUT2D eigenvalue weighted by Crippen LogP contribution is 2.25. The van der Waals surface area contributed by atoms with E-state index in [2.05, 4.69) is 27.7 Å². The van der Waals surface area contributed by atoms with Crippen molar-refractivity contribution in [2.75, 3.05) is 5.73 Å². The molecule has 0 fully saturated rings. The first-order valence-corrected chi connectivity index (χ1v) is 8.31. The van der Waals surface area contributed by atoms with E-state index in [0.29, 0.717) is 22.7 Å². The van der Waals surface area contributed by atoms with Crippen molar-refractivity contribution in [1.29, 1.82) is 0 Å². The number of hydrogen-bond acceptors (Lipinski definition) is 6. The van der Waals surface area contributed by atoms with Gasteiger partial charge in [0.15, 0.2) is 5.76 Å². The van der Waals surface area contributed by atoms with Crippen molar-refractivity contribution in [2.24, 2.45) is 0 Å². The van der Waals surface area contributed by atoms with Crippen LogP contribution in [0.1, 0.15) is 16.1 Å². The van der Waals surface area contributed by atoms with Crippen LogP contribution in [0.3, 0.4) is 0 Å². The van der Waals surface area contributed by atoms with Gasteiger partial charge in [0.05, 0.1) is 10.4 Å². The van der Waals surface area contributed by atoms with Crippen LogP contribution in [0.25, 0.3) is 10.6 Å². The number of carbonyl (C=O) groups is 1. The van der Waals surface area contributed by atoms with E-state index in [0.717, 1.165) is 8.45 Å². The summed E-state index contributed by atoms with van der Waals surface area (Å²) in [5, 5.41) is 5.86. The molecule has 2 N–H and O–H groups in total. The van der Waals surface area contributed by atoms with E-state index in [1.54, 1.807) is 29.5 Å². The van der Waals surface area contributed by atoms with Crippen molar-refractivity contribution in [1.82, 2.24) is 5.16 Å². The molecule has 0 saturated carbocycles. The number of halogens is 1. The number of hydrogen-bond donors (Lipinski definition) is 1. The van der Waals surface area contributed by atoms with Gasteiger partial charge in [0, 0.05) is 15.3 Å². The second kappa shape index (κ2) is 6.49. The van der Waals surface area contributed by atoms with Crippen LogP contribution in [0.5, 0.6) is 0 Å². The van der Waals surface area contributed by atoms with Gasteiger partial charge in [-0.2, -0.15) is 0 Å². The zero-order valence-electron chi connectivity index (χ0n) is 11.3. The van der Waals surface area contributed by atoms with Gasteiger partial charge in [0.2, 0.25) is 0 Å². The standard InChI is InChI=1S/C15H11IN2O3S/c16-9-3-4-12(17)11(6-9)15(19)20-8-10-7-13(21-18-10)14-2-1-5-22-14/h1-7H,8,17H2. The number of aromatic nitrogens is 1. The first-order chi connectivity index (χ1) is 10.6. The molecular formula is C15H11IN2O3S. The predicted molar refractivity (Wildman–Crippen MR) is 92.5 cm³/mol. The number of benzene rings is 1. The largest absolute Gasteiger partial charge is 0.455 e. The molecular weight excluding hydrogens is 415 g/mol. The fraction of sp³-hybridized carbons (Fsp3) is 0.0667. The highest BCUT2D eigenvalue weighted by atomic mass is 127. The van der Waals surface area contributed by atoms with E-state index in [4.69, 9.17) is 15.0 Å². The molecule has 0 atom stereocenters. The van der Waals surface area contributed by atoms with Gasteiger partial charge in [0.25, 0.3) is 0 Å². The summed E-state index contributed by atoms with van der Waals surface area (Å²) in [6.45, 7) is 0.0403. The van der Waals surface area contributed by atoms with E-state index in [-0.39, 0.29) is 6.61 Å². The Hall–Kier alpha value is -1.87. The minimum Gasteiger partial charge on any atom is -0.455 e. The molecule has 2 aromatic heterocycles. The third-order valence-electron chi connectivity index (χ3n) is 2.91. The molecule has 0 radical (unpaired) electrons. The summed E-state index contributed by atoms with van der Waals surface area (Å²) in [4.78, 5) is 13.0. The minimum absolute atomic E-state index is 0.0403. The lowest BCUT2D eigenvalue weighted by atomic mass is 10.2. The Morgan fingerprint density at radius 3 is 3.00 bits per heavy atom. The number of anilines is 1. The lowest BCUT2D eigenvalue weighted by molar-refractivity contribution is 0.0465. The van der Waals surface area contributed by atoms with Crippen molar-refractivity contribution < 1.29 is 14.1 Å². The molecule has 0 spiro atoms. The Balaban J connectivity index is 1.67. The fourth-order valence-corrected chi connectivity index (χ4v) is 3.00. The lowest BCUT2D eigenvalue weighted by Gasteiger charge is -2.05. The number of nitrogen functional groups attached to an aromatic ring is 1. The second-order valence-electron chi connectivity index (χ2n) is 4.47. The Morgan fingerprint density at radius 2 is 2.23 bits per heavy atom. The highest BCUT2D eigenvalue weighted by Gasteiger charge is 2.14. The average Bonchev–Trinajstić information content (AvgIpc) is 3.17. The Labute approximate surface area is 144 Å². The molecule has 0 bridgehead atoms. The molecule has 1 aromatic carbocycles. The quantitative estimate of drug-likeness (QED) is 0.389. The van der Waals surface area contributed by atoms with E-state index in [9.17, 15) is 4.79 Å². The number of carbonyl (C=O) groups excluding carboxylic acids is 1. The van der Waals surface area contributed by atoms with E-state index in [1.807, 2.05) is 23.6 Å². The number of nitrogens with two attached hydrogens (primary N) is 1. The molecule has 2 heterocycles. The van der Waals surface area contributed by atoms with Crippen LogP contribution in [0.2, 0.25) is 0 Å². The molecule has 0 saturated heterocycles. The Bertz CT molecular complexity index is 799. The minimum atomic E-state index is -0.475. The predicted octanol–water partition coefficient (Wildman–Crippen LogP) is 3.95. The van der Waals surface area contributed by atoms with E-state index < -0.39 is 5.97 Å². The zero-order valence-corrected chi connectivity index (χ0v) is 14.3. The van der Waals surface area contributed by atoms with Gasteiger partial charge in [-0.15, -0.1) is 11.3 Å². The highest BCUT2D eigenvalue weighted by molar-refractivity contribution is 14.1. The van der Waals surface area contributed by atoms with E-state index >= 15 is 0 Å². The number of rotatable bonds is 4. The topological polar surface area (TPSA) is 78.4 Å². The summed E-state index contributed by atoms with van der Waals surface area (Å²) in [5.41, 5.74) is 7.10. The summed E-state index contributed by atoms with van der Waals surface area (Å²) in [6, 6.07) is 10.8. The van der Waals surface area contributed by atoms with E-state index in [1.165, 1.54) is 0 Å². The summed E-state index contributed by atoms with van der Waals surface area (Å²) in [5.74, 6) is 0.187. The average molecular weight is 426 g/mol. The van der Waals surface area contributed by atoms with Crippen LogP contribution in [0.4, 0.5) is 5.69 Å². The first-order valence-electron chi connectivity index (χ1n) is 6.35. The number of ether oxygens (including phenoxy) is 1. The molecule has 0 aliphatic heterocycles. The zero-order chi connectivity index (χ0) is 15.5. The summed E-state index contributed by atoms with van der Waals surface area (Å²) in [6.07, 6.45) is 0. The molecule has 5 nitrogen and oxygen atoms in total. The van der Waals surface area contributed by atoms with Gasteiger partial charge in [-0.1, -0.05) is 11.2 Å². The Kier molecular flexibility index (Phi) is 4.44. The smallest absolute Gasteiger partial charge is 0.340 e. The maximum absolute atomic E-state index is 12.1. The van der Waals surface area contributed by atoms with Crippen LogP contribution in [-0.2, 0) is 11.3 Å². The molecule has 0 aliphatic rings.